The van der Waals surface area contributed by atoms with E-state index in [0.29, 0.717) is 10.8 Å². The normalized spacial score (nSPS) is 10.7. The van der Waals surface area contributed by atoms with Crippen molar-refractivity contribution >= 4 is 40.0 Å². The Morgan fingerprint density at radius 3 is 2.85 bits per heavy atom. The van der Waals surface area contributed by atoms with Crippen LogP contribution in [0.15, 0.2) is 49.1 Å². The molecule has 0 saturated carbocycles. The molecular weight excluding hydrogens is 387 g/mol. The summed E-state index contributed by atoms with van der Waals surface area (Å²) < 4.78 is 3.02. The molecule has 0 radical (unpaired) electrons. The maximum Gasteiger partial charge on any atom is 0.132 e. The van der Waals surface area contributed by atoms with Crippen LogP contribution in [0.5, 0.6) is 0 Å². The third-order valence-corrected chi connectivity index (χ3v) is 4.02. The molecule has 20 heavy (non-hydrogen) atoms. The molecule has 3 aromatic rings. The number of pyridine rings is 1. The predicted molar refractivity (Wildman–Crippen MR) is 88.9 cm³/mol. The maximum absolute atomic E-state index is 6.00. The first-order chi connectivity index (χ1) is 9.66. The molecule has 0 bridgehead atoms. The molecule has 3 rings (SSSR count). The van der Waals surface area contributed by atoms with Crippen LogP contribution in [-0.4, -0.2) is 14.5 Å². The molecule has 0 aliphatic heterocycles. The van der Waals surface area contributed by atoms with Gasteiger partial charge in [0.1, 0.15) is 5.82 Å². The lowest BCUT2D eigenvalue weighted by atomic mass is 10.2. The van der Waals surface area contributed by atoms with Gasteiger partial charge in [0.2, 0.25) is 0 Å². The molecule has 0 fully saturated rings. The number of nitrogens with zero attached hydrogens (tertiary/aromatic N) is 3. The second-order valence-corrected chi connectivity index (χ2v) is 5.78. The summed E-state index contributed by atoms with van der Waals surface area (Å²) >= 11 is 8.25. The minimum Gasteiger partial charge on any atom is -0.383 e. The molecule has 4 nitrogen and oxygen atoms in total. The molecule has 0 saturated heterocycles. The number of anilines is 1. The van der Waals surface area contributed by atoms with E-state index in [1.807, 2.05) is 34.9 Å². The van der Waals surface area contributed by atoms with Crippen molar-refractivity contribution in [3.05, 3.63) is 57.6 Å². The van der Waals surface area contributed by atoms with Crippen LogP contribution in [-0.2, 0) is 0 Å². The van der Waals surface area contributed by atoms with Crippen molar-refractivity contribution in [1.82, 2.24) is 14.5 Å². The van der Waals surface area contributed by atoms with Gasteiger partial charge in [0, 0.05) is 20.4 Å². The van der Waals surface area contributed by atoms with Crippen molar-refractivity contribution in [3.63, 3.8) is 0 Å². The van der Waals surface area contributed by atoms with Gasteiger partial charge < -0.3 is 5.73 Å². The van der Waals surface area contributed by atoms with Crippen molar-refractivity contribution in [3.8, 4) is 16.9 Å². The van der Waals surface area contributed by atoms with Crippen molar-refractivity contribution in [2.45, 2.75) is 0 Å². The van der Waals surface area contributed by atoms with E-state index in [9.17, 15) is 0 Å². The van der Waals surface area contributed by atoms with E-state index in [1.165, 1.54) is 0 Å². The summed E-state index contributed by atoms with van der Waals surface area (Å²) in [6, 6.07) is 9.51. The SMILES string of the molecule is Nc1ncccc1-c1cncn1-c1ccc(Cl)cc1I. The van der Waals surface area contributed by atoms with Gasteiger partial charge in [-0.05, 0) is 52.9 Å². The third-order valence-electron chi connectivity index (χ3n) is 2.92. The zero-order valence-electron chi connectivity index (χ0n) is 10.3. The smallest absolute Gasteiger partial charge is 0.132 e. The Labute approximate surface area is 134 Å². The summed E-state index contributed by atoms with van der Waals surface area (Å²) in [5, 5.41) is 0.709. The van der Waals surface area contributed by atoms with Gasteiger partial charge in [-0.25, -0.2) is 9.97 Å². The van der Waals surface area contributed by atoms with E-state index < -0.39 is 0 Å². The van der Waals surface area contributed by atoms with E-state index in [0.717, 1.165) is 20.5 Å². The summed E-state index contributed by atoms with van der Waals surface area (Å²) in [6.45, 7) is 0. The average Bonchev–Trinajstić information content (AvgIpc) is 2.88. The van der Waals surface area contributed by atoms with Gasteiger partial charge in [-0.15, -0.1) is 0 Å². The molecule has 0 spiro atoms. The second kappa shape index (κ2) is 5.41. The Morgan fingerprint density at radius 2 is 2.10 bits per heavy atom. The molecule has 1 aromatic carbocycles. The Balaban J connectivity index is 2.18. The number of nitrogen functional groups attached to an aromatic ring is 1. The first-order valence-electron chi connectivity index (χ1n) is 5.85. The Bertz CT molecular complexity index is 769. The number of imidazole rings is 1. The number of rotatable bonds is 2. The fourth-order valence-corrected chi connectivity index (χ4v) is 3.13. The largest absolute Gasteiger partial charge is 0.383 e. The Kier molecular flexibility index (Phi) is 3.62. The number of nitrogens with two attached hydrogens (primary N) is 1. The average molecular weight is 397 g/mol. The first kappa shape index (κ1) is 13.4. The number of halogens is 2. The van der Waals surface area contributed by atoms with Crippen LogP contribution in [0.1, 0.15) is 0 Å². The molecule has 0 aliphatic rings. The highest BCUT2D eigenvalue weighted by atomic mass is 127. The van der Waals surface area contributed by atoms with E-state index in [-0.39, 0.29) is 0 Å². The van der Waals surface area contributed by atoms with Crippen molar-refractivity contribution in [2.24, 2.45) is 0 Å². The Hall–Kier alpha value is -1.60. The zero-order chi connectivity index (χ0) is 14.1. The molecule has 2 N–H and O–H groups in total. The highest BCUT2D eigenvalue weighted by Crippen LogP contribution is 2.29. The van der Waals surface area contributed by atoms with Crippen LogP contribution in [0.25, 0.3) is 16.9 Å². The summed E-state index contributed by atoms with van der Waals surface area (Å²) in [7, 11) is 0. The fraction of sp³-hybridized carbons (Fsp3) is 0. The van der Waals surface area contributed by atoms with Gasteiger partial charge in [0.15, 0.2) is 0 Å². The van der Waals surface area contributed by atoms with Gasteiger partial charge in [-0.2, -0.15) is 0 Å². The standard InChI is InChI=1S/C14H10ClIN4/c15-9-3-4-12(11(16)6-9)20-8-18-7-13(20)10-2-1-5-19-14(10)17/h1-8H,(H2,17,19). The summed E-state index contributed by atoms with van der Waals surface area (Å²) in [5.41, 5.74) is 8.71. The molecule has 100 valence electrons. The number of hydrogen-bond donors (Lipinski definition) is 1. The van der Waals surface area contributed by atoms with E-state index in [1.54, 1.807) is 18.7 Å². The highest BCUT2D eigenvalue weighted by molar-refractivity contribution is 14.1. The van der Waals surface area contributed by atoms with E-state index >= 15 is 0 Å². The Morgan fingerprint density at radius 1 is 1.25 bits per heavy atom. The number of aromatic nitrogens is 3. The molecule has 0 atom stereocenters. The van der Waals surface area contributed by atoms with Crippen LogP contribution >= 0.6 is 34.2 Å². The van der Waals surface area contributed by atoms with Gasteiger partial charge in [-0.3, -0.25) is 4.57 Å². The number of benzene rings is 1. The van der Waals surface area contributed by atoms with Gasteiger partial charge in [0.25, 0.3) is 0 Å². The lowest BCUT2D eigenvalue weighted by Gasteiger charge is -2.11. The minimum absolute atomic E-state index is 0.484. The zero-order valence-corrected chi connectivity index (χ0v) is 13.2. The third kappa shape index (κ3) is 2.38. The molecular formula is C14H10ClIN4. The van der Waals surface area contributed by atoms with E-state index in [2.05, 4.69) is 32.6 Å². The van der Waals surface area contributed by atoms with Crippen LogP contribution in [0.2, 0.25) is 5.02 Å². The molecule has 0 unspecified atom stereocenters. The summed E-state index contributed by atoms with van der Waals surface area (Å²) in [6.07, 6.45) is 5.21. The molecule has 0 aliphatic carbocycles. The molecule has 2 heterocycles. The quantitative estimate of drug-likeness (QED) is 0.671. The molecule has 0 amide bonds. The topological polar surface area (TPSA) is 56.7 Å². The lowest BCUT2D eigenvalue weighted by molar-refractivity contribution is 1.05. The van der Waals surface area contributed by atoms with Crippen LogP contribution in [0, 0.1) is 3.57 Å². The van der Waals surface area contributed by atoms with Crippen molar-refractivity contribution in [1.29, 1.82) is 0 Å². The van der Waals surface area contributed by atoms with E-state index in [4.69, 9.17) is 17.3 Å². The highest BCUT2D eigenvalue weighted by Gasteiger charge is 2.12. The monoisotopic (exact) mass is 396 g/mol. The fourth-order valence-electron chi connectivity index (χ4n) is 2.00. The predicted octanol–water partition coefficient (Wildman–Crippen LogP) is 3.77. The minimum atomic E-state index is 0.484. The molecule has 6 heteroatoms. The molecule has 2 aromatic heterocycles. The van der Waals surface area contributed by atoms with Crippen molar-refractivity contribution in [2.75, 3.05) is 5.73 Å². The number of hydrogen-bond acceptors (Lipinski definition) is 3. The first-order valence-corrected chi connectivity index (χ1v) is 7.31. The van der Waals surface area contributed by atoms with Gasteiger partial charge >= 0.3 is 0 Å². The van der Waals surface area contributed by atoms with Gasteiger partial charge in [-0.1, -0.05) is 11.6 Å². The van der Waals surface area contributed by atoms with Crippen molar-refractivity contribution < 1.29 is 0 Å². The van der Waals surface area contributed by atoms with Gasteiger partial charge in [0.05, 0.1) is 23.9 Å². The lowest BCUT2D eigenvalue weighted by Crippen LogP contribution is -2.00. The van der Waals surface area contributed by atoms with Crippen LogP contribution in [0.3, 0.4) is 0 Å². The van der Waals surface area contributed by atoms with Crippen LogP contribution in [0.4, 0.5) is 5.82 Å². The van der Waals surface area contributed by atoms with Crippen LogP contribution < -0.4 is 5.73 Å². The maximum atomic E-state index is 6.00. The second-order valence-electron chi connectivity index (χ2n) is 4.18. The summed E-state index contributed by atoms with van der Waals surface area (Å²) in [5.74, 6) is 0.484. The summed E-state index contributed by atoms with van der Waals surface area (Å²) in [4.78, 5) is 8.34.